The van der Waals surface area contributed by atoms with E-state index in [1.165, 1.54) is 0 Å². The molecule has 226 valence electrons. The minimum atomic E-state index is -1.61. The molecule has 1 atom stereocenters. The largest absolute Gasteiger partial charge is 0.481 e. The first kappa shape index (κ1) is 32.9. The van der Waals surface area contributed by atoms with Gasteiger partial charge in [-0.3, -0.25) is 48.4 Å². The van der Waals surface area contributed by atoms with Gasteiger partial charge in [0, 0.05) is 71.5 Å². The van der Waals surface area contributed by atoms with Crippen LogP contribution in [0.3, 0.4) is 0 Å². The van der Waals surface area contributed by atoms with Gasteiger partial charge in [0.05, 0.1) is 26.2 Å². The van der Waals surface area contributed by atoms with Crippen LogP contribution in [0.5, 0.6) is 0 Å². The number of hydrogen-bond acceptors (Lipinski definition) is 10. The van der Waals surface area contributed by atoms with Crippen molar-refractivity contribution in [3.05, 3.63) is 0 Å². The second-order valence-electron chi connectivity index (χ2n) is 10.2. The number of carboxylic acids is 4. The van der Waals surface area contributed by atoms with Crippen molar-refractivity contribution in [1.29, 1.82) is 0 Å². The van der Waals surface area contributed by atoms with Gasteiger partial charge in [0.15, 0.2) is 5.92 Å². The number of carbonyl (C=O) groups is 6. The molecule has 0 aliphatic carbocycles. The molecule has 0 bridgehead atoms. The van der Waals surface area contributed by atoms with E-state index in [1.54, 1.807) is 21.6 Å². The third-order valence-electron chi connectivity index (χ3n) is 6.96. The van der Waals surface area contributed by atoms with Gasteiger partial charge in [0.25, 0.3) is 0 Å². The van der Waals surface area contributed by atoms with E-state index in [0.29, 0.717) is 65.4 Å². The van der Waals surface area contributed by atoms with Crippen LogP contribution in [0.2, 0.25) is 0 Å². The fourth-order valence-electron chi connectivity index (χ4n) is 4.73. The number of piperazine rings is 1. The summed E-state index contributed by atoms with van der Waals surface area (Å²) in [5, 5.41) is 39.0. The number of aliphatic carboxylic acids is 4. The van der Waals surface area contributed by atoms with Crippen molar-refractivity contribution in [2.24, 2.45) is 5.92 Å². The summed E-state index contributed by atoms with van der Waals surface area (Å²) < 4.78 is 0. The van der Waals surface area contributed by atoms with Crippen molar-refractivity contribution in [2.75, 3.05) is 91.6 Å². The molecule has 5 N–H and O–H groups in total. The van der Waals surface area contributed by atoms with Crippen molar-refractivity contribution in [3.63, 3.8) is 0 Å². The van der Waals surface area contributed by atoms with E-state index in [4.69, 9.17) is 10.2 Å². The second kappa shape index (κ2) is 16.1. The van der Waals surface area contributed by atoms with Gasteiger partial charge in [-0.15, -0.1) is 0 Å². The van der Waals surface area contributed by atoms with Crippen molar-refractivity contribution >= 4 is 35.7 Å². The molecule has 0 aromatic heterocycles. The molecule has 2 heterocycles. The molecule has 0 spiro atoms. The van der Waals surface area contributed by atoms with Gasteiger partial charge < -0.3 is 30.6 Å². The monoisotopic (exact) mass is 572 g/mol. The van der Waals surface area contributed by atoms with Gasteiger partial charge >= 0.3 is 23.9 Å². The number of rotatable bonds is 13. The normalized spacial score (nSPS) is 19.3. The van der Waals surface area contributed by atoms with Crippen LogP contribution in [-0.2, 0) is 28.8 Å². The van der Waals surface area contributed by atoms with E-state index in [0.717, 1.165) is 0 Å². The summed E-state index contributed by atoms with van der Waals surface area (Å²) in [7, 11) is 0. The van der Waals surface area contributed by atoms with Gasteiger partial charge in [-0.25, -0.2) is 0 Å². The summed E-state index contributed by atoms with van der Waals surface area (Å²) in [4.78, 5) is 78.9. The molecule has 2 aliphatic heterocycles. The van der Waals surface area contributed by atoms with Gasteiger partial charge in [0.2, 0.25) is 11.8 Å². The van der Waals surface area contributed by atoms with E-state index >= 15 is 0 Å². The Morgan fingerprint density at radius 3 is 1.38 bits per heavy atom. The molecule has 0 radical (unpaired) electrons. The maximum absolute atomic E-state index is 13.0. The molecule has 0 aromatic carbocycles. The quantitative estimate of drug-likeness (QED) is 0.138. The molecule has 2 saturated heterocycles. The van der Waals surface area contributed by atoms with Crippen LogP contribution in [0.25, 0.3) is 0 Å². The van der Waals surface area contributed by atoms with Gasteiger partial charge in [-0.2, -0.15) is 0 Å². The fourth-order valence-corrected chi connectivity index (χ4v) is 4.73. The smallest absolute Gasteiger partial charge is 0.317 e. The Labute approximate surface area is 232 Å². The van der Waals surface area contributed by atoms with Crippen molar-refractivity contribution in [3.8, 4) is 0 Å². The molecule has 16 nitrogen and oxygen atoms in total. The summed E-state index contributed by atoms with van der Waals surface area (Å²) >= 11 is 0. The van der Waals surface area contributed by atoms with Crippen LogP contribution in [0, 0.1) is 5.92 Å². The lowest BCUT2D eigenvalue weighted by Crippen LogP contribution is -2.54. The predicted octanol–water partition coefficient (Wildman–Crippen LogP) is -3.10. The molecule has 2 amide bonds. The number of carboxylic acid groups (broad SMARTS) is 4. The summed E-state index contributed by atoms with van der Waals surface area (Å²) in [6, 6.07) is -0.646. The molecule has 1 unspecified atom stereocenters. The third kappa shape index (κ3) is 11.8. The summed E-state index contributed by atoms with van der Waals surface area (Å²) in [6.07, 6.45) is -0.239. The van der Waals surface area contributed by atoms with E-state index in [1.807, 2.05) is 9.80 Å². The standard InChI is InChI=1S/C24H40N6O10/c1-17(12-18(23(37)38)24(39)40)25-19(31)13-26-8-10-30(11-9-26)20(32)14-27-2-4-28(15-21(33)34)6-7-29(5-3-27)16-22(35)36/h17-18H,2-16H2,1H3,(H,25,31)(H,33,34)(H,35,36)(H,37,38)(H,39,40). The van der Waals surface area contributed by atoms with Gasteiger partial charge in [0.1, 0.15) is 0 Å². The molecule has 40 heavy (non-hydrogen) atoms. The predicted molar refractivity (Wildman–Crippen MR) is 139 cm³/mol. The molecular formula is C24H40N6O10. The average Bonchev–Trinajstić information content (AvgIpc) is 2.93. The van der Waals surface area contributed by atoms with Crippen LogP contribution in [-0.4, -0.2) is 178 Å². The van der Waals surface area contributed by atoms with E-state index < -0.39 is 35.8 Å². The Morgan fingerprint density at radius 2 is 0.975 bits per heavy atom. The molecule has 2 rings (SSSR count). The first-order valence-corrected chi connectivity index (χ1v) is 13.2. The lowest BCUT2D eigenvalue weighted by Gasteiger charge is -2.36. The Balaban J connectivity index is 1.83. The van der Waals surface area contributed by atoms with E-state index in [2.05, 4.69) is 5.32 Å². The maximum atomic E-state index is 13.0. The van der Waals surface area contributed by atoms with E-state index in [-0.39, 0.29) is 44.4 Å². The van der Waals surface area contributed by atoms with Crippen molar-refractivity contribution in [1.82, 2.24) is 29.8 Å². The Kier molecular flexibility index (Phi) is 13.2. The highest BCUT2D eigenvalue weighted by molar-refractivity contribution is 5.93. The first-order valence-electron chi connectivity index (χ1n) is 13.2. The van der Waals surface area contributed by atoms with Crippen LogP contribution in [0.4, 0.5) is 0 Å². The van der Waals surface area contributed by atoms with Crippen LogP contribution in [0.15, 0.2) is 0 Å². The average molecular weight is 573 g/mol. The Bertz CT molecular complexity index is 884. The molecule has 2 fully saturated rings. The number of carbonyl (C=O) groups excluding carboxylic acids is 2. The third-order valence-corrected chi connectivity index (χ3v) is 6.96. The highest BCUT2D eigenvalue weighted by Gasteiger charge is 2.29. The highest BCUT2D eigenvalue weighted by Crippen LogP contribution is 2.09. The minimum absolute atomic E-state index is 0.0299. The summed E-state index contributed by atoms with van der Waals surface area (Å²) in [6.45, 7) is 5.63. The molecule has 0 aromatic rings. The number of amides is 2. The van der Waals surface area contributed by atoms with E-state index in [9.17, 15) is 39.0 Å². The number of nitrogens with one attached hydrogen (secondary N) is 1. The topological polar surface area (TPSA) is 212 Å². The Morgan fingerprint density at radius 1 is 0.600 bits per heavy atom. The zero-order valence-corrected chi connectivity index (χ0v) is 22.7. The zero-order chi connectivity index (χ0) is 29.8. The second-order valence-corrected chi connectivity index (χ2v) is 10.2. The maximum Gasteiger partial charge on any atom is 0.317 e. The first-order chi connectivity index (χ1) is 18.8. The van der Waals surface area contributed by atoms with Crippen LogP contribution < -0.4 is 5.32 Å². The van der Waals surface area contributed by atoms with Crippen LogP contribution in [0.1, 0.15) is 13.3 Å². The fraction of sp³-hybridized carbons (Fsp3) is 0.750. The van der Waals surface area contributed by atoms with Crippen molar-refractivity contribution in [2.45, 2.75) is 19.4 Å². The van der Waals surface area contributed by atoms with Gasteiger partial charge in [-0.05, 0) is 13.3 Å². The molecular weight excluding hydrogens is 532 g/mol. The number of nitrogens with zero attached hydrogens (tertiary/aromatic N) is 5. The summed E-state index contributed by atoms with van der Waals surface area (Å²) in [5.41, 5.74) is 0. The zero-order valence-electron chi connectivity index (χ0n) is 22.7. The van der Waals surface area contributed by atoms with Crippen molar-refractivity contribution < 1.29 is 49.2 Å². The number of hydrogen-bond donors (Lipinski definition) is 5. The summed E-state index contributed by atoms with van der Waals surface area (Å²) in [5.74, 6) is -6.96. The lowest BCUT2D eigenvalue weighted by molar-refractivity contribution is -0.155. The van der Waals surface area contributed by atoms with Gasteiger partial charge in [-0.1, -0.05) is 0 Å². The molecule has 2 aliphatic rings. The molecule has 16 heteroatoms. The molecule has 0 saturated carbocycles. The minimum Gasteiger partial charge on any atom is -0.481 e. The Hall–Kier alpha value is -3.34. The highest BCUT2D eigenvalue weighted by atomic mass is 16.4. The SMILES string of the molecule is CC(CC(C(=O)O)C(=O)O)NC(=O)CN1CCN(C(=O)CN2CCN(CC(=O)O)CCN(CC(=O)O)CC2)CC1. The lowest BCUT2D eigenvalue weighted by atomic mass is 10.0. The van der Waals surface area contributed by atoms with Crippen LogP contribution >= 0.6 is 0 Å².